The molecule has 0 saturated carbocycles. The van der Waals surface area contributed by atoms with E-state index in [0.29, 0.717) is 0 Å². The van der Waals surface area contributed by atoms with Gasteiger partial charge in [0.25, 0.3) is 0 Å². The molecule has 1 N–H and O–H groups in total. The first kappa shape index (κ1) is 18.1. The zero-order valence-corrected chi connectivity index (χ0v) is 17.7. The van der Waals surface area contributed by atoms with Crippen LogP contribution < -0.4 is 5.32 Å². The maximum atomic E-state index is 6.17. The monoisotopic (exact) mass is 425 g/mol. The van der Waals surface area contributed by atoms with Crippen LogP contribution in [0, 0.1) is 0 Å². The molecule has 156 valence electrons. The molecule has 3 heteroatoms. The van der Waals surface area contributed by atoms with Gasteiger partial charge in [0.1, 0.15) is 22.3 Å². The zero-order chi connectivity index (χ0) is 21.8. The van der Waals surface area contributed by atoms with Crippen molar-refractivity contribution in [3.05, 3.63) is 109 Å². The van der Waals surface area contributed by atoms with E-state index in [0.717, 1.165) is 55.3 Å². The molecule has 0 unspecified atom stereocenters. The van der Waals surface area contributed by atoms with Crippen LogP contribution in [0.15, 0.2) is 118 Å². The van der Waals surface area contributed by atoms with E-state index in [-0.39, 0.29) is 0 Å². The van der Waals surface area contributed by atoms with Crippen molar-refractivity contribution in [2.24, 2.45) is 0 Å². The van der Waals surface area contributed by atoms with E-state index >= 15 is 0 Å². The van der Waals surface area contributed by atoms with E-state index in [1.807, 2.05) is 36.4 Å². The Bertz CT molecular complexity index is 1790. The Morgan fingerprint density at radius 2 is 1.15 bits per heavy atom. The number of fused-ring (bicyclic) bond motifs is 6. The summed E-state index contributed by atoms with van der Waals surface area (Å²) in [6.07, 6.45) is 0. The summed E-state index contributed by atoms with van der Waals surface area (Å²) in [5.41, 5.74) is 7.90. The van der Waals surface area contributed by atoms with Crippen LogP contribution in [0.3, 0.4) is 0 Å². The first-order valence-electron chi connectivity index (χ1n) is 11.0. The summed E-state index contributed by atoms with van der Waals surface area (Å²) in [5, 5.41) is 8.04. The van der Waals surface area contributed by atoms with Crippen LogP contribution in [0.25, 0.3) is 55.0 Å². The van der Waals surface area contributed by atoms with Gasteiger partial charge in [-0.25, -0.2) is 0 Å². The molecule has 2 heterocycles. The van der Waals surface area contributed by atoms with Gasteiger partial charge in [0.2, 0.25) is 0 Å². The van der Waals surface area contributed by atoms with E-state index in [2.05, 4.69) is 78.1 Å². The van der Waals surface area contributed by atoms with Crippen LogP contribution in [0.1, 0.15) is 0 Å². The number of rotatable bonds is 3. The molecule has 0 radical (unpaired) electrons. The lowest BCUT2D eigenvalue weighted by Gasteiger charge is -2.07. The molecule has 5 aromatic carbocycles. The SMILES string of the molecule is c1ccc(-c2cccc3oc4ccc(Nc5ccc6c(c5)oc5ccccc56)cc4c23)cc1. The fraction of sp³-hybridized carbons (Fsp3) is 0. The van der Waals surface area contributed by atoms with Gasteiger partial charge >= 0.3 is 0 Å². The molecule has 0 fully saturated rings. The van der Waals surface area contributed by atoms with Crippen LogP contribution in [-0.2, 0) is 0 Å². The Labute approximate surface area is 189 Å². The molecule has 2 aromatic heterocycles. The van der Waals surface area contributed by atoms with Crippen molar-refractivity contribution in [3.63, 3.8) is 0 Å². The van der Waals surface area contributed by atoms with Crippen molar-refractivity contribution in [2.45, 2.75) is 0 Å². The molecule has 0 spiro atoms. The van der Waals surface area contributed by atoms with E-state index in [1.54, 1.807) is 0 Å². The summed E-state index contributed by atoms with van der Waals surface area (Å²) < 4.78 is 12.2. The Hall–Kier alpha value is -4.50. The Kier molecular flexibility index (Phi) is 3.84. The average molecular weight is 425 g/mol. The average Bonchev–Trinajstić information content (AvgIpc) is 3.42. The van der Waals surface area contributed by atoms with E-state index < -0.39 is 0 Å². The molecule has 0 amide bonds. The molecule has 7 aromatic rings. The topological polar surface area (TPSA) is 38.3 Å². The molecule has 33 heavy (non-hydrogen) atoms. The highest BCUT2D eigenvalue weighted by Crippen LogP contribution is 2.38. The number of hydrogen-bond donors (Lipinski definition) is 1. The highest BCUT2D eigenvalue weighted by Gasteiger charge is 2.13. The predicted molar refractivity (Wildman–Crippen MR) is 136 cm³/mol. The van der Waals surface area contributed by atoms with Crippen LogP contribution in [0.4, 0.5) is 11.4 Å². The second-order valence-corrected chi connectivity index (χ2v) is 8.29. The van der Waals surface area contributed by atoms with Crippen molar-refractivity contribution in [3.8, 4) is 11.1 Å². The van der Waals surface area contributed by atoms with Crippen LogP contribution >= 0.6 is 0 Å². The molecule has 0 bridgehead atoms. The fourth-order valence-electron chi connectivity index (χ4n) is 4.73. The van der Waals surface area contributed by atoms with Crippen molar-refractivity contribution in [1.29, 1.82) is 0 Å². The molecule has 0 aliphatic rings. The summed E-state index contributed by atoms with van der Waals surface area (Å²) in [6.45, 7) is 0. The molecular formula is C30H19NO2. The van der Waals surface area contributed by atoms with E-state index in [1.165, 1.54) is 11.1 Å². The zero-order valence-electron chi connectivity index (χ0n) is 17.7. The Balaban J connectivity index is 1.34. The van der Waals surface area contributed by atoms with Gasteiger partial charge < -0.3 is 14.2 Å². The molecule has 0 aliphatic heterocycles. The molecule has 0 atom stereocenters. The molecule has 3 nitrogen and oxygen atoms in total. The standard InChI is InChI=1S/C30H19NO2/c1-2-7-19(8-3-1)22-10-6-12-28-30(22)25-17-20(14-16-27(25)32-28)31-21-13-15-24-23-9-4-5-11-26(23)33-29(24)18-21/h1-18,31H. The Morgan fingerprint density at radius 1 is 0.455 bits per heavy atom. The van der Waals surface area contributed by atoms with Gasteiger partial charge in [-0.15, -0.1) is 0 Å². The van der Waals surface area contributed by atoms with Crippen molar-refractivity contribution >= 4 is 55.3 Å². The van der Waals surface area contributed by atoms with Gasteiger partial charge in [-0.1, -0.05) is 60.7 Å². The molecular weight excluding hydrogens is 406 g/mol. The molecule has 7 rings (SSSR count). The van der Waals surface area contributed by atoms with Crippen LogP contribution in [-0.4, -0.2) is 0 Å². The third-order valence-corrected chi connectivity index (χ3v) is 6.25. The van der Waals surface area contributed by atoms with E-state index in [9.17, 15) is 0 Å². The third-order valence-electron chi connectivity index (χ3n) is 6.25. The molecule has 0 aliphatic carbocycles. The largest absolute Gasteiger partial charge is 0.456 e. The van der Waals surface area contributed by atoms with Crippen molar-refractivity contribution in [2.75, 3.05) is 5.32 Å². The first-order chi connectivity index (χ1) is 16.3. The van der Waals surface area contributed by atoms with Gasteiger partial charge in [-0.3, -0.25) is 0 Å². The van der Waals surface area contributed by atoms with Gasteiger partial charge in [0.05, 0.1) is 0 Å². The quantitative estimate of drug-likeness (QED) is 0.307. The lowest BCUT2D eigenvalue weighted by molar-refractivity contribution is 0.668. The maximum Gasteiger partial charge on any atom is 0.137 e. The molecule has 0 saturated heterocycles. The highest BCUT2D eigenvalue weighted by atomic mass is 16.3. The minimum atomic E-state index is 0.877. The number of para-hydroxylation sites is 1. The second kappa shape index (κ2) is 7.01. The van der Waals surface area contributed by atoms with Gasteiger partial charge in [0.15, 0.2) is 0 Å². The minimum Gasteiger partial charge on any atom is -0.456 e. The summed E-state index contributed by atoms with van der Waals surface area (Å²) in [5.74, 6) is 0. The van der Waals surface area contributed by atoms with Crippen molar-refractivity contribution in [1.82, 2.24) is 0 Å². The highest BCUT2D eigenvalue weighted by molar-refractivity contribution is 6.13. The number of benzene rings is 5. The Morgan fingerprint density at radius 3 is 2.09 bits per heavy atom. The summed E-state index contributed by atoms with van der Waals surface area (Å²) in [6, 6.07) is 37.3. The number of anilines is 2. The summed E-state index contributed by atoms with van der Waals surface area (Å²) in [4.78, 5) is 0. The third kappa shape index (κ3) is 2.90. The lowest BCUT2D eigenvalue weighted by atomic mass is 9.99. The number of hydrogen-bond acceptors (Lipinski definition) is 3. The first-order valence-corrected chi connectivity index (χ1v) is 11.0. The smallest absolute Gasteiger partial charge is 0.137 e. The normalized spacial score (nSPS) is 11.6. The predicted octanol–water partition coefficient (Wildman–Crippen LogP) is 8.90. The summed E-state index contributed by atoms with van der Waals surface area (Å²) >= 11 is 0. The number of furan rings is 2. The lowest BCUT2D eigenvalue weighted by Crippen LogP contribution is -1.89. The second-order valence-electron chi connectivity index (χ2n) is 8.29. The van der Waals surface area contributed by atoms with Gasteiger partial charge in [-0.05, 0) is 53.6 Å². The van der Waals surface area contributed by atoms with E-state index in [4.69, 9.17) is 8.83 Å². The maximum absolute atomic E-state index is 6.17. The van der Waals surface area contributed by atoms with Gasteiger partial charge in [-0.2, -0.15) is 0 Å². The van der Waals surface area contributed by atoms with Crippen molar-refractivity contribution < 1.29 is 8.83 Å². The van der Waals surface area contributed by atoms with Crippen LogP contribution in [0.2, 0.25) is 0 Å². The van der Waals surface area contributed by atoms with Crippen LogP contribution in [0.5, 0.6) is 0 Å². The summed E-state index contributed by atoms with van der Waals surface area (Å²) in [7, 11) is 0. The fourth-order valence-corrected chi connectivity index (χ4v) is 4.73. The number of nitrogens with one attached hydrogen (secondary N) is 1. The van der Waals surface area contributed by atoms with Gasteiger partial charge in [0, 0.05) is 39.0 Å². The minimum absolute atomic E-state index is 0.877.